The number of nitrogens with zero attached hydrogens (tertiary/aromatic N) is 1. The average molecular weight is 425 g/mol. The van der Waals surface area contributed by atoms with Crippen molar-refractivity contribution in [3.8, 4) is 17.2 Å². The van der Waals surface area contributed by atoms with Crippen LogP contribution in [0.5, 0.6) is 17.2 Å². The van der Waals surface area contributed by atoms with E-state index in [4.69, 9.17) is 14.2 Å². The lowest BCUT2D eigenvalue weighted by molar-refractivity contribution is -0.127. The number of hydrogen-bond donors (Lipinski definition) is 2. The summed E-state index contributed by atoms with van der Waals surface area (Å²) in [6.07, 6.45) is 0. The maximum atomic E-state index is 13.1. The molecule has 0 fully saturated rings. The first-order valence-corrected chi connectivity index (χ1v) is 10.3. The van der Waals surface area contributed by atoms with Crippen molar-refractivity contribution in [3.05, 3.63) is 36.4 Å². The van der Waals surface area contributed by atoms with Gasteiger partial charge in [-0.05, 0) is 44.0 Å². The number of benzene rings is 2. The van der Waals surface area contributed by atoms with E-state index in [1.807, 2.05) is 19.9 Å². The van der Waals surface area contributed by atoms with Crippen LogP contribution in [-0.4, -0.2) is 31.9 Å². The van der Waals surface area contributed by atoms with Gasteiger partial charge in [0.25, 0.3) is 0 Å². The molecule has 0 radical (unpaired) electrons. The van der Waals surface area contributed by atoms with Crippen LogP contribution in [0.25, 0.3) is 0 Å². The summed E-state index contributed by atoms with van der Waals surface area (Å²) in [6.45, 7) is 8.94. The first kappa shape index (κ1) is 20.8. The van der Waals surface area contributed by atoms with Crippen molar-refractivity contribution in [2.45, 2.75) is 27.7 Å². The molecule has 0 saturated heterocycles. The van der Waals surface area contributed by atoms with Crippen molar-refractivity contribution >= 4 is 29.0 Å². The van der Waals surface area contributed by atoms with Crippen molar-refractivity contribution < 1.29 is 23.8 Å². The molecule has 8 heteroatoms. The molecule has 3 amide bonds. The maximum absolute atomic E-state index is 13.1. The molecule has 0 unspecified atom stereocenters. The second-order valence-corrected chi connectivity index (χ2v) is 8.81. The monoisotopic (exact) mass is 425 g/mol. The lowest BCUT2D eigenvalue weighted by Crippen LogP contribution is -2.43. The Kier molecular flexibility index (Phi) is 5.39. The quantitative estimate of drug-likeness (QED) is 0.755. The van der Waals surface area contributed by atoms with Gasteiger partial charge in [-0.2, -0.15) is 0 Å². The number of amides is 3. The van der Waals surface area contributed by atoms with Crippen molar-refractivity contribution in [2.75, 3.05) is 35.5 Å². The Morgan fingerprint density at radius 1 is 1.00 bits per heavy atom. The SMILES string of the molecule is CC(C)CN1C(=O)C(C)(C)COc2cc(NC(=O)Nc3ccc4c(c3)OCO4)ccc21. The van der Waals surface area contributed by atoms with E-state index in [1.165, 1.54) is 0 Å². The highest BCUT2D eigenvalue weighted by Gasteiger charge is 2.38. The van der Waals surface area contributed by atoms with E-state index in [0.717, 1.165) is 0 Å². The Morgan fingerprint density at radius 2 is 1.65 bits per heavy atom. The van der Waals surface area contributed by atoms with E-state index in [2.05, 4.69) is 24.5 Å². The molecular formula is C23H27N3O5. The van der Waals surface area contributed by atoms with Crippen LogP contribution in [0.2, 0.25) is 0 Å². The van der Waals surface area contributed by atoms with Gasteiger partial charge in [0.05, 0.1) is 11.1 Å². The third-order valence-electron chi connectivity index (χ3n) is 5.10. The lowest BCUT2D eigenvalue weighted by Gasteiger charge is -2.29. The molecule has 0 aromatic heterocycles. The largest absolute Gasteiger partial charge is 0.490 e. The van der Waals surface area contributed by atoms with Crippen molar-refractivity contribution in [2.24, 2.45) is 11.3 Å². The predicted octanol–water partition coefficient (Wildman–Crippen LogP) is 4.47. The van der Waals surface area contributed by atoms with Crippen LogP contribution in [0.4, 0.5) is 21.9 Å². The molecule has 0 aliphatic carbocycles. The molecule has 2 aromatic carbocycles. The Balaban J connectivity index is 1.51. The predicted molar refractivity (Wildman–Crippen MR) is 118 cm³/mol. The zero-order chi connectivity index (χ0) is 22.2. The second kappa shape index (κ2) is 8.02. The molecular weight excluding hydrogens is 398 g/mol. The fourth-order valence-electron chi connectivity index (χ4n) is 3.54. The molecule has 2 aromatic rings. The normalized spacial score (nSPS) is 16.4. The molecule has 4 rings (SSSR count). The third-order valence-corrected chi connectivity index (χ3v) is 5.10. The van der Waals surface area contributed by atoms with Crippen molar-refractivity contribution in [1.82, 2.24) is 0 Å². The number of carbonyl (C=O) groups is 2. The minimum Gasteiger partial charge on any atom is -0.490 e. The molecule has 0 atom stereocenters. The van der Waals surface area contributed by atoms with Gasteiger partial charge in [-0.1, -0.05) is 13.8 Å². The summed E-state index contributed by atoms with van der Waals surface area (Å²) in [6, 6.07) is 10.1. The topological polar surface area (TPSA) is 89.1 Å². The summed E-state index contributed by atoms with van der Waals surface area (Å²) in [7, 11) is 0. The van der Waals surface area contributed by atoms with Gasteiger partial charge in [0.2, 0.25) is 12.7 Å². The van der Waals surface area contributed by atoms with Gasteiger partial charge in [0.1, 0.15) is 12.4 Å². The van der Waals surface area contributed by atoms with Crippen molar-refractivity contribution in [1.29, 1.82) is 0 Å². The van der Waals surface area contributed by atoms with Crippen LogP contribution in [0.3, 0.4) is 0 Å². The highest BCUT2D eigenvalue weighted by Crippen LogP contribution is 2.39. The minimum absolute atomic E-state index is 0.0289. The summed E-state index contributed by atoms with van der Waals surface area (Å²) in [5.74, 6) is 2.14. The van der Waals surface area contributed by atoms with Gasteiger partial charge in [-0.15, -0.1) is 0 Å². The van der Waals surface area contributed by atoms with Gasteiger partial charge in [-0.3, -0.25) is 4.79 Å². The summed E-state index contributed by atoms with van der Waals surface area (Å²) < 4.78 is 16.6. The number of hydrogen-bond acceptors (Lipinski definition) is 5. The average Bonchev–Trinajstić information content (AvgIpc) is 3.15. The molecule has 2 heterocycles. The molecule has 2 aliphatic rings. The molecule has 2 aliphatic heterocycles. The highest BCUT2D eigenvalue weighted by molar-refractivity contribution is 6.02. The van der Waals surface area contributed by atoms with E-state index in [9.17, 15) is 9.59 Å². The molecule has 31 heavy (non-hydrogen) atoms. The van der Waals surface area contributed by atoms with E-state index < -0.39 is 11.4 Å². The van der Waals surface area contributed by atoms with Gasteiger partial charge >= 0.3 is 6.03 Å². The number of carbonyl (C=O) groups excluding carboxylic acids is 2. The van der Waals surface area contributed by atoms with Crippen LogP contribution < -0.4 is 29.7 Å². The number of fused-ring (bicyclic) bond motifs is 2. The number of ether oxygens (including phenoxy) is 3. The van der Waals surface area contributed by atoms with E-state index in [1.54, 1.807) is 35.2 Å². The zero-order valence-corrected chi connectivity index (χ0v) is 18.2. The smallest absolute Gasteiger partial charge is 0.323 e. The number of anilines is 3. The lowest BCUT2D eigenvalue weighted by atomic mass is 9.92. The Bertz CT molecular complexity index is 1020. The van der Waals surface area contributed by atoms with Crippen LogP contribution >= 0.6 is 0 Å². The maximum Gasteiger partial charge on any atom is 0.323 e. The van der Waals surface area contributed by atoms with Crippen LogP contribution in [0.1, 0.15) is 27.7 Å². The molecule has 2 N–H and O–H groups in total. The molecule has 8 nitrogen and oxygen atoms in total. The zero-order valence-electron chi connectivity index (χ0n) is 18.2. The first-order chi connectivity index (χ1) is 14.7. The number of urea groups is 1. The Labute approximate surface area is 181 Å². The Morgan fingerprint density at radius 3 is 2.35 bits per heavy atom. The van der Waals surface area contributed by atoms with Gasteiger partial charge in [0.15, 0.2) is 11.5 Å². The molecule has 0 spiro atoms. The van der Waals surface area contributed by atoms with E-state index >= 15 is 0 Å². The number of nitrogens with one attached hydrogen (secondary N) is 2. The van der Waals surface area contributed by atoms with E-state index in [-0.39, 0.29) is 19.3 Å². The summed E-state index contributed by atoms with van der Waals surface area (Å²) in [5.41, 5.74) is 1.22. The van der Waals surface area contributed by atoms with Crippen molar-refractivity contribution in [3.63, 3.8) is 0 Å². The third kappa shape index (κ3) is 4.38. The van der Waals surface area contributed by atoms with Crippen LogP contribution in [-0.2, 0) is 4.79 Å². The fourth-order valence-corrected chi connectivity index (χ4v) is 3.54. The minimum atomic E-state index is -0.641. The Hall–Kier alpha value is -3.42. The highest BCUT2D eigenvalue weighted by atomic mass is 16.7. The molecule has 0 saturated carbocycles. The standard InChI is InChI=1S/C23H27N3O5/c1-14(2)11-26-17-7-5-15(9-19(17)29-12-23(3,4)21(26)27)24-22(28)25-16-6-8-18-20(10-16)31-13-30-18/h5-10,14H,11-13H2,1-4H3,(H2,24,25,28). The second-order valence-electron chi connectivity index (χ2n) is 8.81. The summed E-state index contributed by atoms with van der Waals surface area (Å²) in [4.78, 5) is 27.3. The molecule has 164 valence electrons. The molecule has 0 bridgehead atoms. The van der Waals surface area contributed by atoms with Gasteiger partial charge in [0, 0.05) is 30.1 Å². The van der Waals surface area contributed by atoms with Crippen LogP contribution in [0.15, 0.2) is 36.4 Å². The summed E-state index contributed by atoms with van der Waals surface area (Å²) in [5, 5.41) is 5.59. The summed E-state index contributed by atoms with van der Waals surface area (Å²) >= 11 is 0. The fraction of sp³-hybridized carbons (Fsp3) is 0.391. The van der Waals surface area contributed by atoms with E-state index in [0.29, 0.717) is 46.8 Å². The number of rotatable bonds is 4. The van der Waals surface area contributed by atoms with Gasteiger partial charge in [-0.25, -0.2) is 4.79 Å². The van der Waals surface area contributed by atoms with Crippen LogP contribution in [0, 0.1) is 11.3 Å². The first-order valence-electron chi connectivity index (χ1n) is 10.3. The van der Waals surface area contributed by atoms with Gasteiger partial charge < -0.3 is 29.7 Å².